The van der Waals surface area contributed by atoms with Crippen molar-refractivity contribution < 1.29 is 23.9 Å². The van der Waals surface area contributed by atoms with Crippen LogP contribution in [-0.4, -0.2) is 55.0 Å². The molecule has 0 aromatic heterocycles. The van der Waals surface area contributed by atoms with E-state index in [4.69, 9.17) is 4.74 Å². The Labute approximate surface area is 181 Å². The number of carbonyl (C=O) groups excluding carboxylic acids is 3. The number of nitrogens with zero attached hydrogens (tertiary/aromatic N) is 1. The lowest BCUT2D eigenvalue weighted by atomic mass is 9.85. The molecule has 1 saturated heterocycles. The standard InChI is InChI=1S/C13H24N2O3.C8H8O2.C2H6/c1-12(2,3)18-11(17)14-13(7-10-16)5-8-15(4)9-6-13;9-7-10-6-8-4-2-1-3-5-8;1-2/h10H,5-9H2,1-4H3,(H,14,17);1-5,7H,6H2;1-2H3. The van der Waals surface area contributed by atoms with Crippen LogP contribution in [0.4, 0.5) is 4.79 Å². The van der Waals surface area contributed by atoms with Gasteiger partial charge in [0, 0.05) is 19.5 Å². The molecular weight excluding hydrogens is 384 g/mol. The van der Waals surface area contributed by atoms with Crippen LogP contribution in [0.1, 0.15) is 59.4 Å². The highest BCUT2D eigenvalue weighted by Crippen LogP contribution is 2.25. The molecule has 1 aliphatic heterocycles. The summed E-state index contributed by atoms with van der Waals surface area (Å²) >= 11 is 0. The third-order valence-electron chi connectivity index (χ3n) is 4.35. The first kappa shape index (κ1) is 27.6. The fourth-order valence-electron chi connectivity index (χ4n) is 2.81. The van der Waals surface area contributed by atoms with E-state index in [0.717, 1.165) is 37.8 Å². The Morgan fingerprint density at radius 2 is 1.70 bits per heavy atom. The van der Waals surface area contributed by atoms with Gasteiger partial charge in [-0.2, -0.15) is 0 Å². The minimum absolute atomic E-state index is 0.347. The van der Waals surface area contributed by atoms with Crippen LogP contribution in [0.2, 0.25) is 0 Å². The number of piperidine rings is 1. The number of hydrogen-bond donors (Lipinski definition) is 1. The number of benzene rings is 1. The maximum atomic E-state index is 11.8. The molecule has 1 heterocycles. The minimum Gasteiger partial charge on any atom is -0.463 e. The number of ether oxygens (including phenoxy) is 2. The first-order chi connectivity index (χ1) is 14.2. The Balaban J connectivity index is 0.000000590. The molecule has 1 aromatic rings. The molecule has 1 aromatic carbocycles. The van der Waals surface area contributed by atoms with Crippen molar-refractivity contribution in [2.75, 3.05) is 20.1 Å². The van der Waals surface area contributed by atoms with E-state index in [1.807, 2.05) is 72.0 Å². The van der Waals surface area contributed by atoms with Gasteiger partial charge in [0.05, 0.1) is 5.54 Å². The molecule has 0 radical (unpaired) electrons. The predicted octanol–water partition coefficient (Wildman–Crippen LogP) is 3.95. The summed E-state index contributed by atoms with van der Waals surface area (Å²) in [7, 11) is 2.04. The maximum absolute atomic E-state index is 11.8. The van der Waals surface area contributed by atoms with E-state index in [1.165, 1.54) is 0 Å². The van der Waals surface area contributed by atoms with Crippen molar-refractivity contribution in [1.82, 2.24) is 10.2 Å². The number of alkyl carbamates (subject to hydrolysis) is 1. The molecular formula is C23H38N2O5. The maximum Gasteiger partial charge on any atom is 0.408 e. The Bertz CT molecular complexity index is 606. The van der Waals surface area contributed by atoms with Crippen molar-refractivity contribution in [2.45, 2.75) is 71.6 Å². The largest absolute Gasteiger partial charge is 0.463 e. The van der Waals surface area contributed by atoms with E-state index < -0.39 is 17.2 Å². The van der Waals surface area contributed by atoms with E-state index in [9.17, 15) is 14.4 Å². The average molecular weight is 423 g/mol. The number of hydrogen-bond acceptors (Lipinski definition) is 6. The molecule has 1 fully saturated rings. The molecule has 30 heavy (non-hydrogen) atoms. The summed E-state index contributed by atoms with van der Waals surface area (Å²) in [6.07, 6.45) is 2.35. The van der Waals surface area contributed by atoms with Gasteiger partial charge in [-0.25, -0.2) is 4.79 Å². The molecule has 0 atom stereocenters. The van der Waals surface area contributed by atoms with Gasteiger partial charge in [0.15, 0.2) is 0 Å². The Kier molecular flexibility index (Phi) is 13.4. The normalized spacial score (nSPS) is 15.3. The van der Waals surface area contributed by atoms with Crippen molar-refractivity contribution in [3.05, 3.63) is 35.9 Å². The van der Waals surface area contributed by atoms with E-state index in [0.29, 0.717) is 19.5 Å². The molecule has 7 heteroatoms. The zero-order valence-corrected chi connectivity index (χ0v) is 19.3. The third-order valence-corrected chi connectivity index (χ3v) is 4.35. The second-order valence-corrected chi connectivity index (χ2v) is 7.97. The van der Waals surface area contributed by atoms with Crippen LogP contribution >= 0.6 is 0 Å². The highest BCUT2D eigenvalue weighted by molar-refractivity contribution is 5.70. The quantitative estimate of drug-likeness (QED) is 0.699. The average Bonchev–Trinajstić information content (AvgIpc) is 2.70. The summed E-state index contributed by atoms with van der Waals surface area (Å²) in [4.78, 5) is 34.6. The van der Waals surface area contributed by atoms with Gasteiger partial charge in [0.1, 0.15) is 18.5 Å². The topological polar surface area (TPSA) is 84.9 Å². The number of likely N-dealkylation sites (tertiary alicyclic amines) is 1. The molecule has 0 saturated carbocycles. The van der Waals surface area contributed by atoms with Gasteiger partial charge in [-0.05, 0) is 46.2 Å². The highest BCUT2D eigenvalue weighted by Gasteiger charge is 2.36. The van der Waals surface area contributed by atoms with Crippen LogP contribution in [-0.2, 0) is 25.7 Å². The zero-order chi connectivity index (χ0) is 23.0. The Hall–Kier alpha value is -2.41. The van der Waals surface area contributed by atoms with E-state index in [-0.39, 0.29) is 0 Å². The summed E-state index contributed by atoms with van der Waals surface area (Å²) in [6.45, 7) is 12.1. The molecule has 0 bridgehead atoms. The molecule has 0 aliphatic carbocycles. The number of nitrogens with one attached hydrogen (secondary N) is 1. The Morgan fingerprint density at radius 3 is 2.17 bits per heavy atom. The van der Waals surface area contributed by atoms with Crippen molar-refractivity contribution >= 4 is 18.9 Å². The van der Waals surface area contributed by atoms with Gasteiger partial charge >= 0.3 is 6.09 Å². The first-order valence-corrected chi connectivity index (χ1v) is 10.4. The molecule has 0 unspecified atom stereocenters. The summed E-state index contributed by atoms with van der Waals surface area (Å²) in [5, 5.41) is 2.89. The van der Waals surface area contributed by atoms with Gasteiger partial charge in [0.2, 0.25) is 0 Å². The first-order valence-electron chi connectivity index (χ1n) is 10.4. The van der Waals surface area contributed by atoms with Crippen molar-refractivity contribution in [3.8, 4) is 0 Å². The van der Waals surface area contributed by atoms with Crippen LogP contribution in [0.25, 0.3) is 0 Å². The van der Waals surface area contributed by atoms with Crippen LogP contribution in [0.3, 0.4) is 0 Å². The SMILES string of the molecule is CC.CN1CCC(CC=O)(NC(=O)OC(C)(C)C)CC1.O=COCc1ccccc1. The van der Waals surface area contributed by atoms with Crippen LogP contribution in [0, 0.1) is 0 Å². The molecule has 1 amide bonds. The second kappa shape index (κ2) is 14.6. The van der Waals surface area contributed by atoms with Gasteiger partial charge in [-0.3, -0.25) is 4.79 Å². The fourth-order valence-corrected chi connectivity index (χ4v) is 2.81. The van der Waals surface area contributed by atoms with E-state index >= 15 is 0 Å². The molecule has 0 spiro atoms. The van der Waals surface area contributed by atoms with Crippen LogP contribution < -0.4 is 5.32 Å². The van der Waals surface area contributed by atoms with Crippen molar-refractivity contribution in [2.24, 2.45) is 0 Å². The van der Waals surface area contributed by atoms with Crippen molar-refractivity contribution in [1.29, 1.82) is 0 Å². The predicted molar refractivity (Wildman–Crippen MR) is 118 cm³/mol. The zero-order valence-electron chi connectivity index (χ0n) is 19.3. The number of aldehydes is 1. The number of amides is 1. The number of carbonyl (C=O) groups is 3. The van der Waals surface area contributed by atoms with Gasteiger partial charge in [-0.15, -0.1) is 0 Å². The van der Waals surface area contributed by atoms with E-state index in [2.05, 4.69) is 15.0 Å². The molecule has 7 nitrogen and oxygen atoms in total. The molecule has 2 rings (SSSR count). The molecule has 170 valence electrons. The van der Waals surface area contributed by atoms with Crippen LogP contribution in [0.5, 0.6) is 0 Å². The number of rotatable bonds is 6. The minimum atomic E-state index is -0.516. The summed E-state index contributed by atoms with van der Waals surface area (Å²) in [6, 6.07) is 9.55. The smallest absolute Gasteiger partial charge is 0.408 e. The van der Waals surface area contributed by atoms with Gasteiger partial charge in [-0.1, -0.05) is 44.2 Å². The monoisotopic (exact) mass is 422 g/mol. The second-order valence-electron chi connectivity index (χ2n) is 7.97. The summed E-state index contributed by atoms with van der Waals surface area (Å²) in [5.74, 6) is 0. The summed E-state index contributed by atoms with van der Waals surface area (Å²) < 4.78 is 9.80. The lowest BCUT2D eigenvalue weighted by Gasteiger charge is -2.40. The lowest BCUT2D eigenvalue weighted by Crippen LogP contribution is -2.55. The van der Waals surface area contributed by atoms with E-state index in [1.54, 1.807) is 0 Å². The summed E-state index contributed by atoms with van der Waals surface area (Å²) in [5.41, 5.74) is 0.0590. The Morgan fingerprint density at radius 1 is 1.13 bits per heavy atom. The third kappa shape index (κ3) is 12.2. The fraction of sp³-hybridized carbons (Fsp3) is 0.609. The van der Waals surface area contributed by atoms with Crippen molar-refractivity contribution in [3.63, 3.8) is 0 Å². The lowest BCUT2D eigenvalue weighted by molar-refractivity contribution is -0.129. The van der Waals surface area contributed by atoms with Gasteiger partial charge in [0.25, 0.3) is 6.47 Å². The van der Waals surface area contributed by atoms with Gasteiger partial charge < -0.3 is 24.5 Å². The highest BCUT2D eigenvalue weighted by atomic mass is 16.6. The molecule has 1 aliphatic rings. The molecule has 1 N–H and O–H groups in total. The van der Waals surface area contributed by atoms with Crippen LogP contribution in [0.15, 0.2) is 30.3 Å².